The summed E-state index contributed by atoms with van der Waals surface area (Å²) in [4.78, 5) is 25.9. The van der Waals surface area contributed by atoms with Gasteiger partial charge < -0.3 is 15.1 Å². The lowest BCUT2D eigenvalue weighted by atomic mass is 10.0. The summed E-state index contributed by atoms with van der Waals surface area (Å²) in [5, 5.41) is 4.29. The number of halogens is 1. The van der Waals surface area contributed by atoms with Gasteiger partial charge >= 0.3 is 0 Å². The number of carbonyl (C=O) groups is 1. The van der Waals surface area contributed by atoms with Gasteiger partial charge in [-0.25, -0.2) is 9.97 Å². The second-order valence-corrected chi connectivity index (χ2v) is 7.79. The summed E-state index contributed by atoms with van der Waals surface area (Å²) in [5.41, 5.74) is 0.857. The lowest BCUT2D eigenvalue weighted by molar-refractivity contribution is -0.134. The number of hydrogen-bond acceptors (Lipinski definition) is 5. The van der Waals surface area contributed by atoms with Crippen LogP contribution < -0.4 is 5.32 Å². The van der Waals surface area contributed by atoms with Crippen LogP contribution in [0.4, 0.5) is 5.82 Å². The van der Waals surface area contributed by atoms with E-state index >= 15 is 0 Å². The van der Waals surface area contributed by atoms with Crippen LogP contribution in [0.5, 0.6) is 0 Å². The molecular weight excluding hydrogens is 382 g/mol. The molecule has 0 spiro atoms. The van der Waals surface area contributed by atoms with Gasteiger partial charge in [0.05, 0.1) is 5.52 Å². The van der Waals surface area contributed by atoms with Crippen molar-refractivity contribution in [1.82, 2.24) is 19.8 Å². The van der Waals surface area contributed by atoms with Crippen molar-refractivity contribution in [2.45, 2.75) is 19.9 Å². The van der Waals surface area contributed by atoms with Crippen LogP contribution in [-0.2, 0) is 4.79 Å². The Morgan fingerprint density at radius 1 is 1.20 bits per heavy atom. The molecule has 1 aromatic heterocycles. The number of carbonyl (C=O) groups excluding carboxylic acids is 1. The van der Waals surface area contributed by atoms with Gasteiger partial charge in [0, 0.05) is 36.0 Å². The van der Waals surface area contributed by atoms with Gasteiger partial charge in [0.15, 0.2) is 0 Å². The van der Waals surface area contributed by atoms with E-state index in [0.717, 1.165) is 41.6 Å². The average Bonchev–Trinajstić information content (AvgIpc) is 2.59. The number of anilines is 1. The lowest BCUT2D eigenvalue weighted by Crippen LogP contribution is -2.53. The predicted molar refractivity (Wildman–Crippen MR) is 104 cm³/mol. The molecule has 2 aromatic rings. The Kier molecular flexibility index (Phi) is 5.54. The third-order valence-electron chi connectivity index (χ3n) is 4.64. The third-order valence-corrected chi connectivity index (χ3v) is 5.13. The fourth-order valence-corrected chi connectivity index (χ4v) is 3.39. The summed E-state index contributed by atoms with van der Waals surface area (Å²) < 4.78 is 0.962. The van der Waals surface area contributed by atoms with Crippen molar-refractivity contribution in [1.29, 1.82) is 0 Å². The summed E-state index contributed by atoms with van der Waals surface area (Å²) in [5.74, 6) is 1.00. The Labute approximate surface area is 156 Å². The Bertz CT molecular complexity index is 758. The maximum absolute atomic E-state index is 13.0. The smallest absolute Gasteiger partial charge is 0.245 e. The summed E-state index contributed by atoms with van der Waals surface area (Å²) >= 11 is 3.50. The molecule has 0 aliphatic carbocycles. The molecule has 0 unspecified atom stereocenters. The SMILES string of the molecule is CC(C)[C@H](Nc1ncnc2ccc(Br)cc12)C(=O)N1CCN(C)CC1. The van der Waals surface area contributed by atoms with Gasteiger partial charge in [-0.1, -0.05) is 29.8 Å². The Hall–Kier alpha value is -1.73. The van der Waals surface area contributed by atoms with Crippen LogP contribution in [-0.4, -0.2) is 64.9 Å². The van der Waals surface area contributed by atoms with Crippen LogP contribution in [0.3, 0.4) is 0 Å². The van der Waals surface area contributed by atoms with Gasteiger partial charge in [0.25, 0.3) is 0 Å². The molecule has 1 atom stereocenters. The van der Waals surface area contributed by atoms with E-state index < -0.39 is 0 Å². The van der Waals surface area contributed by atoms with E-state index in [9.17, 15) is 4.79 Å². The van der Waals surface area contributed by atoms with Crippen molar-refractivity contribution < 1.29 is 4.79 Å². The zero-order valence-corrected chi connectivity index (χ0v) is 16.5. The average molecular weight is 406 g/mol. The Balaban J connectivity index is 1.85. The fourth-order valence-electron chi connectivity index (χ4n) is 3.03. The molecule has 0 saturated carbocycles. The number of benzene rings is 1. The number of likely N-dealkylation sites (N-methyl/N-ethyl adjacent to an activating group) is 1. The quantitative estimate of drug-likeness (QED) is 0.846. The molecule has 1 saturated heterocycles. The van der Waals surface area contributed by atoms with Gasteiger partial charge in [-0.2, -0.15) is 0 Å². The molecule has 1 amide bonds. The first-order chi connectivity index (χ1) is 12.0. The summed E-state index contributed by atoms with van der Waals surface area (Å²) in [6.07, 6.45) is 1.54. The number of hydrogen-bond donors (Lipinski definition) is 1. The molecule has 6 nitrogen and oxygen atoms in total. The first kappa shape index (κ1) is 18.1. The number of amides is 1. The summed E-state index contributed by atoms with van der Waals surface area (Å²) in [6, 6.07) is 5.57. The van der Waals surface area contributed by atoms with Gasteiger partial charge in [-0.15, -0.1) is 0 Å². The van der Waals surface area contributed by atoms with Crippen molar-refractivity contribution in [2.75, 3.05) is 38.5 Å². The number of piperazine rings is 1. The zero-order valence-electron chi connectivity index (χ0n) is 14.9. The van der Waals surface area contributed by atoms with Crippen LogP contribution in [0, 0.1) is 5.92 Å². The fraction of sp³-hybridized carbons (Fsp3) is 0.500. The molecular formula is C18H24BrN5O. The highest BCUT2D eigenvalue weighted by Crippen LogP contribution is 2.25. The molecule has 1 fully saturated rings. The zero-order chi connectivity index (χ0) is 18.0. The van der Waals surface area contributed by atoms with E-state index in [4.69, 9.17) is 0 Å². The Morgan fingerprint density at radius 2 is 1.92 bits per heavy atom. The Morgan fingerprint density at radius 3 is 2.60 bits per heavy atom. The van der Waals surface area contributed by atoms with E-state index in [1.54, 1.807) is 0 Å². The van der Waals surface area contributed by atoms with Crippen molar-refractivity contribution in [3.05, 3.63) is 29.0 Å². The molecule has 3 rings (SSSR count). The van der Waals surface area contributed by atoms with Crippen LogP contribution in [0.25, 0.3) is 10.9 Å². The normalized spacial score (nSPS) is 17.1. The largest absolute Gasteiger partial charge is 0.358 e. The molecule has 1 aliphatic heterocycles. The molecule has 1 aliphatic rings. The van der Waals surface area contributed by atoms with Crippen molar-refractivity contribution >= 4 is 38.6 Å². The molecule has 134 valence electrons. The number of rotatable bonds is 4. The van der Waals surface area contributed by atoms with Gasteiger partial charge in [0.1, 0.15) is 18.2 Å². The monoisotopic (exact) mass is 405 g/mol. The second kappa shape index (κ2) is 7.66. The minimum absolute atomic E-state index is 0.143. The second-order valence-electron chi connectivity index (χ2n) is 6.88. The highest BCUT2D eigenvalue weighted by atomic mass is 79.9. The van der Waals surface area contributed by atoms with Crippen molar-refractivity contribution in [3.8, 4) is 0 Å². The van der Waals surface area contributed by atoms with Crippen LogP contribution in [0.1, 0.15) is 13.8 Å². The highest BCUT2D eigenvalue weighted by molar-refractivity contribution is 9.10. The molecule has 1 N–H and O–H groups in total. The van der Waals surface area contributed by atoms with Gasteiger partial charge in [-0.05, 0) is 31.2 Å². The van der Waals surface area contributed by atoms with Crippen LogP contribution in [0.2, 0.25) is 0 Å². The predicted octanol–water partition coefficient (Wildman–Crippen LogP) is 2.60. The minimum atomic E-state index is -0.305. The summed E-state index contributed by atoms with van der Waals surface area (Å²) in [6.45, 7) is 7.50. The van der Waals surface area contributed by atoms with Gasteiger partial charge in [0.2, 0.25) is 5.91 Å². The number of nitrogens with one attached hydrogen (secondary N) is 1. The topological polar surface area (TPSA) is 61.4 Å². The molecule has 1 aromatic carbocycles. The van der Waals surface area contributed by atoms with E-state index in [1.807, 2.05) is 23.1 Å². The van der Waals surface area contributed by atoms with Crippen molar-refractivity contribution in [3.63, 3.8) is 0 Å². The van der Waals surface area contributed by atoms with Gasteiger partial charge in [-0.3, -0.25) is 4.79 Å². The molecule has 0 bridgehead atoms. The lowest BCUT2D eigenvalue weighted by Gasteiger charge is -2.36. The maximum atomic E-state index is 13.0. The first-order valence-electron chi connectivity index (χ1n) is 8.60. The number of nitrogens with zero attached hydrogens (tertiary/aromatic N) is 4. The number of fused-ring (bicyclic) bond motifs is 1. The minimum Gasteiger partial charge on any atom is -0.358 e. The maximum Gasteiger partial charge on any atom is 0.245 e. The van der Waals surface area contributed by atoms with E-state index in [0.29, 0.717) is 5.82 Å². The number of aromatic nitrogens is 2. The van der Waals surface area contributed by atoms with E-state index in [2.05, 4.69) is 57.0 Å². The van der Waals surface area contributed by atoms with Crippen LogP contribution >= 0.6 is 15.9 Å². The highest BCUT2D eigenvalue weighted by Gasteiger charge is 2.29. The standard InChI is InChI=1S/C18H24BrN5O/c1-12(2)16(18(25)24-8-6-23(3)7-9-24)22-17-14-10-13(19)4-5-15(14)20-11-21-17/h4-5,10-12,16H,6-9H2,1-3H3,(H,20,21,22)/t16-/m0/s1. The van der Waals surface area contributed by atoms with E-state index in [1.165, 1.54) is 6.33 Å². The van der Waals surface area contributed by atoms with Crippen molar-refractivity contribution in [2.24, 2.45) is 5.92 Å². The molecule has 0 radical (unpaired) electrons. The third kappa shape index (κ3) is 4.10. The van der Waals surface area contributed by atoms with E-state index in [-0.39, 0.29) is 17.9 Å². The molecule has 25 heavy (non-hydrogen) atoms. The first-order valence-corrected chi connectivity index (χ1v) is 9.39. The molecule has 7 heteroatoms. The summed E-state index contributed by atoms with van der Waals surface area (Å²) in [7, 11) is 2.09. The molecule has 2 heterocycles. The van der Waals surface area contributed by atoms with Crippen LogP contribution in [0.15, 0.2) is 29.0 Å².